The first-order chi connectivity index (χ1) is 55.8. The average molecular weight is 2020 g/mol. The fraction of sp³-hybridized carbons (Fsp3) is 0.585. The summed E-state index contributed by atoms with van der Waals surface area (Å²) in [6.07, 6.45) is -2.49. The number of nitrogens with two attached hydrogens (primary N) is 1. The molecule has 0 bridgehead atoms. The van der Waals surface area contributed by atoms with E-state index in [-0.39, 0.29) is 48.2 Å². The van der Waals surface area contributed by atoms with Gasteiger partial charge in [0.15, 0.2) is 0 Å². The van der Waals surface area contributed by atoms with Crippen LogP contribution in [0, 0.1) is 54.2 Å². The highest BCUT2D eigenvalue weighted by molar-refractivity contribution is 14.1. The number of nitrogens with one attached hydrogen (secondary N) is 6. The predicted octanol–water partition coefficient (Wildman–Crippen LogP) is 13.6. The number of ether oxygens (including phenoxy) is 7. The summed E-state index contributed by atoms with van der Waals surface area (Å²) in [5.41, 5.74) is 10.8. The van der Waals surface area contributed by atoms with Gasteiger partial charge < -0.3 is 99.7 Å². The number of alkyl halides is 3. The first-order valence-electron chi connectivity index (χ1n) is 40.0. The Morgan fingerprint density at radius 1 is 0.521 bits per heavy atom. The van der Waals surface area contributed by atoms with Gasteiger partial charge in [-0.3, -0.25) is 0 Å². The van der Waals surface area contributed by atoms with Crippen molar-refractivity contribution in [3.63, 3.8) is 0 Å². The molecule has 6 aromatic rings. The lowest BCUT2D eigenvalue weighted by molar-refractivity contribution is -0.143. The van der Waals surface area contributed by atoms with E-state index in [0.717, 1.165) is 190 Å². The van der Waals surface area contributed by atoms with Crippen LogP contribution in [-0.2, 0) is 42.5 Å². The number of carbonyl (C=O) groups excluding carboxylic acids is 2. The second kappa shape index (κ2) is 43.8. The summed E-state index contributed by atoms with van der Waals surface area (Å²) in [5, 5.41) is 19.3. The van der Waals surface area contributed by atoms with E-state index in [1.807, 2.05) is 94.2 Å². The quantitative estimate of drug-likeness (QED) is 0.0231. The molecule has 119 heavy (non-hydrogen) atoms. The molecular formula is C82H115BF6I3N15O11S. The van der Waals surface area contributed by atoms with Crippen molar-refractivity contribution in [3.8, 4) is 11.1 Å². The van der Waals surface area contributed by atoms with Gasteiger partial charge in [0.2, 0.25) is 17.8 Å². The number of morpholine rings is 3. The monoisotopic (exact) mass is 2020 g/mol. The fourth-order valence-corrected chi connectivity index (χ4v) is 15.3. The molecule has 16 rings (SSSR count). The van der Waals surface area contributed by atoms with Crippen LogP contribution >= 0.6 is 81.3 Å². The average Bonchev–Trinajstić information content (AvgIpc) is 1.63. The van der Waals surface area contributed by atoms with Crippen LogP contribution in [0.3, 0.4) is 0 Å². The molecular weight excluding hydrogens is 1910 g/mol. The number of halogens is 9. The highest BCUT2D eigenvalue weighted by Gasteiger charge is 2.52. The van der Waals surface area contributed by atoms with Crippen LogP contribution in [0.1, 0.15) is 99.1 Å². The Morgan fingerprint density at radius 2 is 0.924 bits per heavy atom. The highest BCUT2D eigenvalue weighted by atomic mass is 127. The van der Waals surface area contributed by atoms with Crippen molar-refractivity contribution in [3.05, 3.63) is 125 Å². The molecule has 0 radical (unpaired) electrons. The number of rotatable bonds is 14. The van der Waals surface area contributed by atoms with Crippen molar-refractivity contribution in [2.45, 2.75) is 141 Å². The molecule has 26 nitrogen and oxygen atoms in total. The molecule has 656 valence electrons. The molecule has 37 heteroatoms. The number of anilines is 7. The SMILES string of the molecule is C1COCCN1.CC1(N)COC1.CC1(Nc2cc(I)cc(F)n2)COC1.CC1(Nc2cc(I)cc(N3CCOCC3)n2)COC1.CC[C@@H]1CCN(C(=O)Nc2ccc(C)c(-c3cc(NC4(C)COC4)nc(N4CCOCC4)c3)c2)C1.Cc1ccc(NC(=O)N2CC[C@@H](CC(F)(F)F)C2)cc1B1OC(C)(C)C(C)(C)O1.Fc1cc(I)cc(F)n1.S. The molecule has 0 saturated carbocycles. The summed E-state index contributed by atoms with van der Waals surface area (Å²) in [7, 11) is -0.556. The zero-order valence-electron chi connectivity index (χ0n) is 69.7. The summed E-state index contributed by atoms with van der Waals surface area (Å²) >= 11 is 6.21. The number of pyridine rings is 4. The number of carbonyl (C=O) groups is 2. The molecule has 10 aliphatic heterocycles. The Labute approximate surface area is 743 Å². The minimum Gasteiger partial charge on any atom is -0.399 e. The summed E-state index contributed by atoms with van der Waals surface area (Å²) in [6.45, 7) is 40.4. The van der Waals surface area contributed by atoms with Gasteiger partial charge in [-0.1, -0.05) is 31.0 Å². The molecule has 0 spiro atoms. The summed E-state index contributed by atoms with van der Waals surface area (Å²) in [5.74, 6) is 2.36. The zero-order valence-corrected chi connectivity index (χ0v) is 77.1. The van der Waals surface area contributed by atoms with Gasteiger partial charge in [0.25, 0.3) is 0 Å². The van der Waals surface area contributed by atoms with Crippen LogP contribution in [-0.4, -0.2) is 246 Å². The van der Waals surface area contributed by atoms with Crippen molar-refractivity contribution < 1.29 is 78.4 Å². The summed E-state index contributed by atoms with van der Waals surface area (Å²) in [6, 6.07) is 25.2. The van der Waals surface area contributed by atoms with Crippen LogP contribution in [0.25, 0.3) is 11.1 Å². The molecule has 4 aromatic heterocycles. The van der Waals surface area contributed by atoms with Gasteiger partial charge in [-0.15, -0.1) is 0 Å². The number of urea groups is 2. The lowest BCUT2D eigenvalue weighted by atomic mass is 9.76. The van der Waals surface area contributed by atoms with E-state index < -0.39 is 60.7 Å². The number of aryl methyl sites for hydroxylation is 2. The largest absolute Gasteiger partial charge is 0.495 e. The number of nitrogens with zero attached hydrogens (tertiary/aromatic N) is 8. The van der Waals surface area contributed by atoms with Gasteiger partial charge in [0.05, 0.1) is 126 Å². The number of aromatic nitrogens is 4. The third-order valence-electron chi connectivity index (χ3n) is 21.3. The van der Waals surface area contributed by atoms with E-state index in [1.165, 1.54) is 14.5 Å². The van der Waals surface area contributed by atoms with Gasteiger partial charge in [-0.2, -0.15) is 44.8 Å². The minimum atomic E-state index is -4.20. The molecule has 2 atom stereocenters. The maximum atomic E-state index is 12.9. The standard InChI is InChI=1S/C27H37N5O3.C20H28BF3N2O3.C13H18IN3O2.C9H10FIN2O.C5H2F2IN.2C4H9NO.H2S/c1-4-20-7-8-32(16-20)26(33)28-22-6-5-19(2)23(15-22)21-13-24(30-27(3)17-35-18-27)29-25(14-21)31-9-11-34-12-10-31;1-13-6-7-15(10-16(13)21-28-18(2,3)19(4,5)29-21)25-17(27)26-9-8-14(12-26)11-20(22,23)24;1-13(8-19-9-13)16-11-6-10(14)7-12(15-11)17-2-4-18-5-3-17;1-9(4-14-5-9)13-8-3-6(11)2-7(10)12-8;6-4-1-3(8)2-5(7)9-4;1-4(5)2-6-3-4;1-3-6-4-2-5-1;/h5-6,13-15,20H,4,7-12,16-18H2,1-3H3,(H,28,33)(H,29,30);6-7,10,14H,8-9,11-12H2,1-5H3,(H,25,27);6-7H,2-5,8-9H2,1H3,(H,15,16);2-3H,4-5H2,1H3,(H,12,13);1-2H;2-3,5H2,1H3;5H,1-4H2;1H2/t20-;14-;;;;;;/m10....../s1. The normalized spacial score (nSPS) is 21.2. The fourth-order valence-electron chi connectivity index (χ4n) is 13.7. The molecule has 8 N–H and O–H groups in total. The highest BCUT2D eigenvalue weighted by Crippen LogP contribution is 2.39. The maximum Gasteiger partial charge on any atom is 0.495 e. The second-order valence-corrected chi connectivity index (χ2v) is 37.0. The first kappa shape index (κ1) is 97.1. The molecule has 0 aliphatic carbocycles. The third kappa shape index (κ3) is 30.0. The van der Waals surface area contributed by atoms with Crippen molar-refractivity contribution in [1.82, 2.24) is 35.1 Å². The van der Waals surface area contributed by atoms with Crippen LogP contribution < -0.4 is 52.9 Å². The van der Waals surface area contributed by atoms with E-state index >= 15 is 0 Å². The van der Waals surface area contributed by atoms with Crippen LogP contribution in [0.4, 0.5) is 76.4 Å². The van der Waals surface area contributed by atoms with Gasteiger partial charge in [-0.05, 0) is 238 Å². The Balaban J connectivity index is 0.000000171. The number of benzene rings is 2. The van der Waals surface area contributed by atoms with Gasteiger partial charge >= 0.3 is 25.4 Å². The molecule has 2 aromatic carbocycles. The Kier molecular flexibility index (Phi) is 35.7. The Hall–Kier alpha value is -5.68. The number of hydrogen-bond acceptors (Lipinski definition) is 22. The first-order valence-corrected chi connectivity index (χ1v) is 43.2. The maximum absolute atomic E-state index is 12.9. The van der Waals surface area contributed by atoms with Crippen LogP contribution in [0.5, 0.6) is 0 Å². The van der Waals surface area contributed by atoms with Crippen molar-refractivity contribution in [2.24, 2.45) is 17.6 Å². The third-order valence-corrected chi connectivity index (χ3v) is 23.2. The van der Waals surface area contributed by atoms with E-state index in [1.54, 1.807) is 12.1 Å². The van der Waals surface area contributed by atoms with E-state index in [9.17, 15) is 35.9 Å². The van der Waals surface area contributed by atoms with Gasteiger partial charge in [-0.25, -0.2) is 24.5 Å². The number of amides is 4. The van der Waals surface area contributed by atoms with Crippen molar-refractivity contribution in [2.75, 3.05) is 194 Å². The van der Waals surface area contributed by atoms with E-state index in [4.69, 9.17) is 58.2 Å². The van der Waals surface area contributed by atoms with E-state index in [2.05, 4.69) is 161 Å². The second-order valence-electron chi connectivity index (χ2n) is 33.3. The molecule has 0 unspecified atom stereocenters. The minimum absolute atomic E-state index is 0. The topological polar surface area (TPSA) is 280 Å². The van der Waals surface area contributed by atoms with Gasteiger partial charge in [0.1, 0.15) is 29.1 Å². The molecule has 10 fully saturated rings. The van der Waals surface area contributed by atoms with Crippen LogP contribution in [0.2, 0.25) is 0 Å². The molecule has 10 aliphatic rings. The number of hydrogen-bond donors (Lipinski definition) is 7. The molecule has 4 amide bonds. The molecule has 10 saturated heterocycles. The summed E-state index contributed by atoms with van der Waals surface area (Å²) < 4.78 is 126. The number of likely N-dealkylation sites (tertiary alicyclic amines) is 2. The smallest absolute Gasteiger partial charge is 0.399 e. The van der Waals surface area contributed by atoms with Crippen LogP contribution in [0.15, 0.2) is 84.9 Å². The Bertz CT molecular complexity index is 4200. The Morgan fingerprint density at radius 3 is 1.33 bits per heavy atom. The van der Waals surface area contributed by atoms with E-state index in [0.29, 0.717) is 73.6 Å². The van der Waals surface area contributed by atoms with Crippen molar-refractivity contribution >= 4 is 146 Å². The van der Waals surface area contributed by atoms with Crippen molar-refractivity contribution in [1.29, 1.82) is 0 Å². The lowest BCUT2D eigenvalue weighted by Crippen LogP contribution is -2.54. The lowest BCUT2D eigenvalue weighted by Gasteiger charge is -2.39. The van der Waals surface area contributed by atoms with Gasteiger partial charge in [0, 0.05) is 112 Å². The molecule has 14 heterocycles. The predicted molar refractivity (Wildman–Crippen MR) is 482 cm³/mol. The zero-order chi connectivity index (χ0) is 85.2. The summed E-state index contributed by atoms with van der Waals surface area (Å²) in [4.78, 5) is 49.6.